The SMILES string of the molecule is C=CCN1C(=O)/C(=C\c2ccc(OCc3ccccc3)cc2)N=C1c1ccccc1. The van der Waals surface area contributed by atoms with E-state index in [-0.39, 0.29) is 5.91 Å². The molecule has 30 heavy (non-hydrogen) atoms. The summed E-state index contributed by atoms with van der Waals surface area (Å²) in [4.78, 5) is 19.1. The van der Waals surface area contributed by atoms with Crippen molar-refractivity contribution >= 4 is 17.8 Å². The van der Waals surface area contributed by atoms with Gasteiger partial charge in [0, 0.05) is 12.1 Å². The predicted molar refractivity (Wildman–Crippen MR) is 120 cm³/mol. The molecule has 0 fully saturated rings. The molecular weight excluding hydrogens is 372 g/mol. The molecule has 4 rings (SSSR count). The Hall–Kier alpha value is -3.92. The van der Waals surface area contributed by atoms with Gasteiger partial charge in [-0.3, -0.25) is 9.69 Å². The van der Waals surface area contributed by atoms with Crippen LogP contribution in [0.4, 0.5) is 0 Å². The van der Waals surface area contributed by atoms with Crippen LogP contribution in [0.5, 0.6) is 5.75 Å². The average Bonchev–Trinajstić information content (AvgIpc) is 3.10. The van der Waals surface area contributed by atoms with Crippen molar-refractivity contribution in [3.05, 3.63) is 120 Å². The fourth-order valence-electron chi connectivity index (χ4n) is 3.22. The van der Waals surface area contributed by atoms with Gasteiger partial charge in [0.25, 0.3) is 5.91 Å². The minimum absolute atomic E-state index is 0.127. The van der Waals surface area contributed by atoms with Crippen LogP contribution in [0.2, 0.25) is 0 Å². The number of ether oxygens (including phenoxy) is 1. The van der Waals surface area contributed by atoms with Gasteiger partial charge in [-0.05, 0) is 29.3 Å². The van der Waals surface area contributed by atoms with Gasteiger partial charge >= 0.3 is 0 Å². The number of amidine groups is 1. The van der Waals surface area contributed by atoms with E-state index in [1.807, 2.05) is 84.9 Å². The summed E-state index contributed by atoms with van der Waals surface area (Å²) < 4.78 is 5.83. The van der Waals surface area contributed by atoms with E-state index in [1.54, 1.807) is 17.1 Å². The normalized spacial score (nSPS) is 14.7. The van der Waals surface area contributed by atoms with Crippen LogP contribution in [0.1, 0.15) is 16.7 Å². The molecule has 3 aromatic rings. The summed E-state index contributed by atoms with van der Waals surface area (Å²) in [5.41, 5.74) is 3.32. The Morgan fingerprint density at radius 3 is 2.23 bits per heavy atom. The third kappa shape index (κ3) is 4.39. The van der Waals surface area contributed by atoms with Crippen LogP contribution in [-0.2, 0) is 11.4 Å². The van der Waals surface area contributed by atoms with E-state index in [4.69, 9.17) is 4.74 Å². The number of aliphatic imine (C=N–C) groups is 1. The number of benzene rings is 3. The monoisotopic (exact) mass is 394 g/mol. The molecule has 4 nitrogen and oxygen atoms in total. The first-order chi connectivity index (χ1) is 14.7. The molecule has 0 saturated heterocycles. The molecule has 1 heterocycles. The highest BCUT2D eigenvalue weighted by atomic mass is 16.5. The molecule has 0 aliphatic carbocycles. The van der Waals surface area contributed by atoms with Crippen molar-refractivity contribution in [2.45, 2.75) is 6.61 Å². The first-order valence-corrected chi connectivity index (χ1v) is 9.80. The summed E-state index contributed by atoms with van der Waals surface area (Å²) in [6.07, 6.45) is 3.51. The number of nitrogens with zero attached hydrogens (tertiary/aromatic N) is 2. The predicted octanol–water partition coefficient (Wildman–Crippen LogP) is 5.08. The molecule has 4 heteroatoms. The van der Waals surface area contributed by atoms with Gasteiger partial charge in [-0.1, -0.05) is 78.9 Å². The number of carbonyl (C=O) groups excluding carboxylic acids is 1. The molecule has 1 amide bonds. The van der Waals surface area contributed by atoms with Gasteiger partial charge in [0.15, 0.2) is 0 Å². The summed E-state index contributed by atoms with van der Waals surface area (Å²) in [5.74, 6) is 1.30. The van der Waals surface area contributed by atoms with Crippen LogP contribution in [0, 0.1) is 0 Å². The average molecular weight is 394 g/mol. The van der Waals surface area contributed by atoms with Gasteiger partial charge in [-0.15, -0.1) is 6.58 Å². The van der Waals surface area contributed by atoms with E-state index in [1.165, 1.54) is 0 Å². The van der Waals surface area contributed by atoms with E-state index in [0.717, 1.165) is 22.4 Å². The largest absolute Gasteiger partial charge is 0.489 e. The molecule has 1 aliphatic rings. The standard InChI is InChI=1S/C26H22N2O2/c1-2-17-28-25(22-11-7-4-8-12-22)27-24(26(28)29)18-20-13-15-23(16-14-20)30-19-21-9-5-3-6-10-21/h2-16,18H,1,17,19H2/b24-18+. The summed E-state index contributed by atoms with van der Waals surface area (Å²) >= 11 is 0. The van der Waals surface area contributed by atoms with Crippen molar-refractivity contribution in [2.24, 2.45) is 4.99 Å². The second-order valence-corrected chi connectivity index (χ2v) is 6.88. The number of hydrogen-bond donors (Lipinski definition) is 0. The highest BCUT2D eigenvalue weighted by Crippen LogP contribution is 2.23. The van der Waals surface area contributed by atoms with Gasteiger partial charge in [-0.2, -0.15) is 0 Å². The zero-order valence-corrected chi connectivity index (χ0v) is 16.6. The molecular formula is C26H22N2O2. The first kappa shape index (κ1) is 19.4. The second-order valence-electron chi connectivity index (χ2n) is 6.88. The number of amides is 1. The summed E-state index contributed by atoms with van der Waals surface area (Å²) in [6, 6.07) is 27.4. The zero-order chi connectivity index (χ0) is 20.8. The molecule has 0 saturated carbocycles. The third-order valence-corrected chi connectivity index (χ3v) is 4.72. The maximum atomic E-state index is 12.9. The van der Waals surface area contributed by atoms with E-state index in [2.05, 4.69) is 11.6 Å². The molecule has 3 aromatic carbocycles. The summed E-state index contributed by atoms with van der Waals surface area (Å²) in [6.45, 7) is 4.69. The van der Waals surface area contributed by atoms with Crippen molar-refractivity contribution in [3.8, 4) is 5.75 Å². The highest BCUT2D eigenvalue weighted by molar-refractivity contribution is 6.19. The van der Waals surface area contributed by atoms with Crippen molar-refractivity contribution in [3.63, 3.8) is 0 Å². The fraction of sp³-hybridized carbons (Fsp3) is 0.0769. The van der Waals surface area contributed by atoms with E-state index in [0.29, 0.717) is 24.7 Å². The number of rotatable bonds is 7. The lowest BCUT2D eigenvalue weighted by molar-refractivity contribution is -0.122. The zero-order valence-electron chi connectivity index (χ0n) is 16.6. The van der Waals surface area contributed by atoms with Crippen LogP contribution in [0.25, 0.3) is 6.08 Å². The Bertz CT molecular complexity index is 1080. The molecule has 0 unspecified atom stereocenters. The lowest BCUT2D eigenvalue weighted by atomic mass is 10.2. The topological polar surface area (TPSA) is 41.9 Å². The van der Waals surface area contributed by atoms with Gasteiger partial charge < -0.3 is 4.74 Å². The Morgan fingerprint density at radius 2 is 1.57 bits per heavy atom. The van der Waals surface area contributed by atoms with Crippen LogP contribution < -0.4 is 4.74 Å². The lowest BCUT2D eigenvalue weighted by Gasteiger charge is -2.15. The smallest absolute Gasteiger partial charge is 0.278 e. The molecule has 0 atom stereocenters. The van der Waals surface area contributed by atoms with Crippen molar-refractivity contribution in [2.75, 3.05) is 6.54 Å². The van der Waals surface area contributed by atoms with Crippen molar-refractivity contribution < 1.29 is 9.53 Å². The van der Waals surface area contributed by atoms with Gasteiger partial charge in [0.05, 0.1) is 0 Å². The Labute approximate surface area is 176 Å². The molecule has 0 N–H and O–H groups in total. The number of carbonyl (C=O) groups is 1. The molecule has 0 bridgehead atoms. The van der Waals surface area contributed by atoms with E-state index >= 15 is 0 Å². The fourth-order valence-corrected chi connectivity index (χ4v) is 3.22. The van der Waals surface area contributed by atoms with Crippen molar-refractivity contribution in [1.29, 1.82) is 0 Å². The minimum Gasteiger partial charge on any atom is -0.489 e. The van der Waals surface area contributed by atoms with Gasteiger partial charge in [0.1, 0.15) is 23.9 Å². The molecule has 1 aliphatic heterocycles. The maximum absolute atomic E-state index is 12.9. The second kappa shape index (κ2) is 9.05. The van der Waals surface area contributed by atoms with Crippen molar-refractivity contribution in [1.82, 2.24) is 4.90 Å². The Kier molecular flexibility index (Phi) is 5.85. The van der Waals surface area contributed by atoms with Crippen LogP contribution in [0.15, 0.2) is 108 Å². The summed E-state index contributed by atoms with van der Waals surface area (Å²) in [7, 11) is 0. The first-order valence-electron chi connectivity index (χ1n) is 9.80. The lowest BCUT2D eigenvalue weighted by Crippen LogP contribution is -2.32. The Morgan fingerprint density at radius 1 is 0.900 bits per heavy atom. The highest BCUT2D eigenvalue weighted by Gasteiger charge is 2.29. The van der Waals surface area contributed by atoms with E-state index in [9.17, 15) is 4.79 Å². The quantitative estimate of drug-likeness (QED) is 0.414. The summed E-state index contributed by atoms with van der Waals surface area (Å²) in [5, 5.41) is 0. The third-order valence-electron chi connectivity index (χ3n) is 4.72. The van der Waals surface area contributed by atoms with Crippen LogP contribution in [-0.4, -0.2) is 23.2 Å². The Balaban J connectivity index is 1.52. The maximum Gasteiger partial charge on any atom is 0.278 e. The minimum atomic E-state index is -0.127. The molecule has 0 aromatic heterocycles. The van der Waals surface area contributed by atoms with E-state index < -0.39 is 0 Å². The number of hydrogen-bond acceptors (Lipinski definition) is 3. The molecule has 0 spiro atoms. The van der Waals surface area contributed by atoms with Gasteiger partial charge in [0.2, 0.25) is 0 Å². The van der Waals surface area contributed by atoms with Gasteiger partial charge in [-0.25, -0.2) is 4.99 Å². The van der Waals surface area contributed by atoms with Crippen LogP contribution in [0.3, 0.4) is 0 Å². The van der Waals surface area contributed by atoms with Crippen LogP contribution >= 0.6 is 0 Å². The molecule has 148 valence electrons. The molecule has 0 radical (unpaired) electrons.